The summed E-state index contributed by atoms with van der Waals surface area (Å²) in [5.41, 5.74) is 0.231. The van der Waals surface area contributed by atoms with Crippen molar-refractivity contribution in [3.05, 3.63) is 23.9 Å². The number of carbonyl (C=O) groups excluding carboxylic acids is 1. The maximum atomic E-state index is 12.4. The van der Waals surface area contributed by atoms with Gasteiger partial charge < -0.3 is 5.32 Å². The highest BCUT2D eigenvalue weighted by molar-refractivity contribution is 7.99. The highest BCUT2D eigenvalue weighted by atomic mass is 32.2. The fraction of sp³-hybridized carbons (Fsp3) is 0.500. The van der Waals surface area contributed by atoms with E-state index in [4.69, 9.17) is 0 Å². The lowest BCUT2D eigenvalue weighted by atomic mass is 10.2. The number of hydrogen-bond acceptors (Lipinski definition) is 3. The third-order valence-corrected chi connectivity index (χ3v) is 3.63. The summed E-state index contributed by atoms with van der Waals surface area (Å²) in [4.78, 5) is 15.8. The van der Waals surface area contributed by atoms with E-state index in [9.17, 15) is 13.6 Å². The minimum Gasteiger partial charge on any atom is -0.349 e. The van der Waals surface area contributed by atoms with Gasteiger partial charge in [0.15, 0.2) is 0 Å². The van der Waals surface area contributed by atoms with E-state index < -0.39 is 5.76 Å². The van der Waals surface area contributed by atoms with Gasteiger partial charge in [-0.3, -0.25) is 4.79 Å². The van der Waals surface area contributed by atoms with Gasteiger partial charge in [0.05, 0.1) is 5.56 Å². The molecule has 0 saturated heterocycles. The molecule has 1 amide bonds. The van der Waals surface area contributed by atoms with Crippen molar-refractivity contribution < 1.29 is 13.6 Å². The molecule has 0 bridgehead atoms. The van der Waals surface area contributed by atoms with Gasteiger partial charge in [-0.05, 0) is 36.7 Å². The lowest BCUT2D eigenvalue weighted by molar-refractivity contribution is 0.0934. The number of amides is 1. The summed E-state index contributed by atoms with van der Waals surface area (Å²) in [5.74, 6) is -2.88. The number of hydrogen-bond donors (Lipinski definition) is 1. The molecule has 0 atom stereocenters. The fourth-order valence-corrected chi connectivity index (χ4v) is 2.65. The van der Waals surface area contributed by atoms with Gasteiger partial charge in [-0.2, -0.15) is 8.78 Å². The first-order valence-corrected chi connectivity index (χ1v) is 6.75. The molecule has 6 heteroatoms. The minimum absolute atomic E-state index is 0.0861. The second kappa shape index (κ2) is 6.13. The molecule has 0 aliphatic heterocycles. The first kappa shape index (κ1) is 13.3. The summed E-state index contributed by atoms with van der Waals surface area (Å²) in [5, 5.41) is 2.96. The van der Waals surface area contributed by atoms with Gasteiger partial charge in [-0.1, -0.05) is 12.8 Å². The van der Waals surface area contributed by atoms with Crippen LogP contribution in [0.5, 0.6) is 0 Å². The van der Waals surface area contributed by atoms with E-state index in [2.05, 4.69) is 10.3 Å². The van der Waals surface area contributed by atoms with Gasteiger partial charge in [0.1, 0.15) is 5.03 Å². The quantitative estimate of drug-likeness (QED) is 0.856. The van der Waals surface area contributed by atoms with Crippen molar-refractivity contribution in [2.75, 3.05) is 0 Å². The number of carbonyl (C=O) groups is 1. The molecule has 1 aliphatic carbocycles. The number of aromatic nitrogens is 1. The van der Waals surface area contributed by atoms with E-state index in [-0.39, 0.29) is 22.5 Å². The molecule has 2 rings (SSSR count). The van der Waals surface area contributed by atoms with Crippen LogP contribution in [0.2, 0.25) is 0 Å². The van der Waals surface area contributed by atoms with Crippen molar-refractivity contribution in [2.24, 2.45) is 0 Å². The highest BCUT2D eigenvalue weighted by Crippen LogP contribution is 2.26. The van der Waals surface area contributed by atoms with Crippen LogP contribution in [0.4, 0.5) is 8.78 Å². The number of nitrogens with zero attached hydrogens (tertiary/aromatic N) is 1. The molecule has 0 unspecified atom stereocenters. The summed E-state index contributed by atoms with van der Waals surface area (Å²) in [6, 6.07) is 3.28. The molecule has 0 spiro atoms. The zero-order valence-electron chi connectivity index (χ0n) is 9.73. The van der Waals surface area contributed by atoms with Crippen LogP contribution >= 0.6 is 11.8 Å². The SMILES string of the molecule is O=C(NC1CCCC1)c1cccnc1SC(F)F. The Morgan fingerprint density at radius 3 is 2.83 bits per heavy atom. The molecule has 1 aromatic rings. The number of nitrogens with one attached hydrogen (secondary N) is 1. The summed E-state index contributed by atoms with van der Waals surface area (Å²) in [6.07, 6.45) is 5.55. The van der Waals surface area contributed by atoms with Crippen LogP contribution in [-0.2, 0) is 0 Å². The number of thioether (sulfide) groups is 1. The Morgan fingerprint density at radius 1 is 1.44 bits per heavy atom. The normalized spacial score (nSPS) is 16.2. The first-order chi connectivity index (χ1) is 8.66. The predicted molar refractivity (Wildman–Crippen MR) is 65.8 cm³/mol. The molecule has 18 heavy (non-hydrogen) atoms. The number of pyridine rings is 1. The predicted octanol–water partition coefficient (Wildman–Crippen LogP) is 3.07. The number of alkyl halides is 2. The monoisotopic (exact) mass is 272 g/mol. The van der Waals surface area contributed by atoms with E-state index in [1.54, 1.807) is 6.07 Å². The zero-order chi connectivity index (χ0) is 13.0. The van der Waals surface area contributed by atoms with Crippen molar-refractivity contribution in [1.29, 1.82) is 0 Å². The Balaban J connectivity index is 2.08. The van der Waals surface area contributed by atoms with Crippen LogP contribution in [0.1, 0.15) is 36.0 Å². The Bertz CT molecular complexity index is 422. The van der Waals surface area contributed by atoms with E-state index in [0.29, 0.717) is 11.8 Å². The van der Waals surface area contributed by atoms with E-state index in [0.717, 1.165) is 25.7 Å². The second-order valence-electron chi connectivity index (χ2n) is 4.19. The third-order valence-electron chi connectivity index (χ3n) is 2.91. The number of rotatable bonds is 4. The number of halogens is 2. The molecule has 1 saturated carbocycles. The Kier molecular flexibility index (Phi) is 4.52. The van der Waals surface area contributed by atoms with Crippen LogP contribution in [0, 0.1) is 0 Å². The fourth-order valence-electron chi connectivity index (χ4n) is 2.08. The first-order valence-electron chi connectivity index (χ1n) is 5.87. The van der Waals surface area contributed by atoms with Gasteiger partial charge in [0.25, 0.3) is 11.7 Å². The van der Waals surface area contributed by atoms with Crippen LogP contribution in [0.25, 0.3) is 0 Å². The molecular formula is C12H14F2N2OS. The average Bonchev–Trinajstić information content (AvgIpc) is 2.81. The largest absolute Gasteiger partial charge is 0.349 e. The molecule has 1 aliphatic rings. The van der Waals surface area contributed by atoms with Crippen molar-refractivity contribution in [3.8, 4) is 0 Å². The highest BCUT2D eigenvalue weighted by Gasteiger charge is 2.21. The van der Waals surface area contributed by atoms with Gasteiger partial charge in [0, 0.05) is 12.2 Å². The lowest BCUT2D eigenvalue weighted by Gasteiger charge is -2.13. The van der Waals surface area contributed by atoms with Gasteiger partial charge in [-0.15, -0.1) is 0 Å². The van der Waals surface area contributed by atoms with Crippen LogP contribution in [0.15, 0.2) is 23.4 Å². The van der Waals surface area contributed by atoms with Crippen molar-refractivity contribution in [2.45, 2.75) is 42.5 Å². The van der Waals surface area contributed by atoms with Crippen molar-refractivity contribution in [3.63, 3.8) is 0 Å². The van der Waals surface area contributed by atoms with E-state index in [1.807, 2.05) is 0 Å². The molecule has 0 radical (unpaired) electrons. The summed E-state index contributed by atoms with van der Waals surface area (Å²) >= 11 is 0.306. The molecule has 1 heterocycles. The standard InChI is InChI=1S/C12H14F2N2OS/c13-12(14)18-11-9(6-3-7-15-11)10(17)16-8-4-1-2-5-8/h3,6-8,12H,1-2,4-5H2,(H,16,17). The van der Waals surface area contributed by atoms with Gasteiger partial charge in [0.2, 0.25) is 0 Å². The third kappa shape index (κ3) is 3.41. The van der Waals surface area contributed by atoms with Crippen LogP contribution in [0.3, 0.4) is 0 Å². The van der Waals surface area contributed by atoms with Crippen molar-refractivity contribution >= 4 is 17.7 Å². The maximum Gasteiger partial charge on any atom is 0.290 e. The van der Waals surface area contributed by atoms with Gasteiger partial charge in [-0.25, -0.2) is 4.98 Å². The molecule has 0 aromatic carbocycles. The summed E-state index contributed by atoms with van der Waals surface area (Å²) < 4.78 is 24.7. The van der Waals surface area contributed by atoms with Crippen LogP contribution in [-0.4, -0.2) is 22.7 Å². The Morgan fingerprint density at radius 2 is 2.17 bits per heavy atom. The topological polar surface area (TPSA) is 42.0 Å². The molecular weight excluding hydrogens is 258 g/mol. The minimum atomic E-state index is -2.57. The van der Waals surface area contributed by atoms with Gasteiger partial charge >= 0.3 is 0 Å². The average molecular weight is 272 g/mol. The second-order valence-corrected chi connectivity index (χ2v) is 5.17. The Labute approximate surface area is 108 Å². The van der Waals surface area contributed by atoms with Crippen LogP contribution < -0.4 is 5.32 Å². The zero-order valence-corrected chi connectivity index (χ0v) is 10.6. The summed E-state index contributed by atoms with van der Waals surface area (Å²) in [6.45, 7) is 0. The molecule has 1 N–H and O–H groups in total. The maximum absolute atomic E-state index is 12.4. The van der Waals surface area contributed by atoms with Crippen molar-refractivity contribution in [1.82, 2.24) is 10.3 Å². The van der Waals surface area contributed by atoms with E-state index in [1.165, 1.54) is 12.3 Å². The molecule has 1 aromatic heterocycles. The smallest absolute Gasteiger partial charge is 0.290 e. The lowest BCUT2D eigenvalue weighted by Crippen LogP contribution is -2.33. The summed E-state index contributed by atoms with van der Waals surface area (Å²) in [7, 11) is 0. The Hall–Kier alpha value is -1.17. The van der Waals surface area contributed by atoms with E-state index >= 15 is 0 Å². The molecule has 1 fully saturated rings. The molecule has 3 nitrogen and oxygen atoms in total. The molecule has 98 valence electrons.